The van der Waals surface area contributed by atoms with Gasteiger partial charge in [0.05, 0.1) is 0 Å². The number of aliphatic carboxylic acids is 2. The van der Waals surface area contributed by atoms with Crippen LogP contribution in [0.1, 0.15) is 38.2 Å². The number of Topliss-reactive ketones (excluding diaryl/α,β-unsaturated/α-hetero) is 1. The summed E-state index contributed by atoms with van der Waals surface area (Å²) in [6, 6.07) is 9.26. The van der Waals surface area contributed by atoms with Crippen molar-refractivity contribution in [3.05, 3.63) is 35.9 Å². The minimum atomic E-state index is -0.982. The largest absolute Gasteiger partial charge is 0.481 e. The molecule has 0 spiro atoms. The Morgan fingerprint density at radius 2 is 1.43 bits per heavy atom. The van der Waals surface area contributed by atoms with E-state index >= 15 is 0 Å². The fourth-order valence-corrected chi connectivity index (χ4v) is 2.46. The van der Waals surface area contributed by atoms with E-state index in [0.717, 1.165) is 5.56 Å². The lowest BCUT2D eigenvalue weighted by Gasteiger charge is -2.30. The smallest absolute Gasteiger partial charge is 0.303 e. The number of carbonyl (C=O) groups is 3. The summed E-state index contributed by atoms with van der Waals surface area (Å²) in [5.74, 6) is -2.12. The van der Waals surface area contributed by atoms with Crippen LogP contribution in [0.5, 0.6) is 0 Å². The average Bonchev–Trinajstić information content (AvgIpc) is 2.42. The SMILES string of the molecule is CC(=O)C(CCC(=O)O)(CCC(=O)O)Cc1ccccc1. The first-order valence-electron chi connectivity index (χ1n) is 6.84. The van der Waals surface area contributed by atoms with E-state index in [0.29, 0.717) is 6.42 Å². The quantitative estimate of drug-likeness (QED) is 0.729. The van der Waals surface area contributed by atoms with Gasteiger partial charge >= 0.3 is 11.9 Å². The number of carboxylic acids is 2. The standard InChI is InChI=1S/C16H20O5/c1-12(17)16(9-7-14(18)19,10-8-15(20)21)11-13-5-3-2-4-6-13/h2-6H,7-11H2,1H3,(H,18,19)(H,20,21). The van der Waals surface area contributed by atoms with Crippen LogP contribution in [0.2, 0.25) is 0 Å². The fraction of sp³-hybridized carbons (Fsp3) is 0.438. The molecule has 0 fully saturated rings. The van der Waals surface area contributed by atoms with Crippen molar-refractivity contribution in [1.29, 1.82) is 0 Å². The third-order valence-corrected chi connectivity index (χ3v) is 3.77. The molecule has 5 nitrogen and oxygen atoms in total. The molecule has 1 aromatic rings. The van der Waals surface area contributed by atoms with Crippen LogP contribution in [-0.4, -0.2) is 27.9 Å². The van der Waals surface area contributed by atoms with Crippen LogP contribution in [0.3, 0.4) is 0 Å². The number of rotatable bonds is 9. The van der Waals surface area contributed by atoms with Gasteiger partial charge in [-0.2, -0.15) is 0 Å². The van der Waals surface area contributed by atoms with Crippen molar-refractivity contribution in [1.82, 2.24) is 0 Å². The third kappa shape index (κ3) is 5.38. The Labute approximate surface area is 123 Å². The minimum Gasteiger partial charge on any atom is -0.481 e. The van der Waals surface area contributed by atoms with E-state index in [4.69, 9.17) is 10.2 Å². The maximum atomic E-state index is 12.1. The molecule has 1 aromatic carbocycles. The van der Waals surface area contributed by atoms with Crippen LogP contribution in [-0.2, 0) is 20.8 Å². The molecule has 0 saturated heterocycles. The Hall–Kier alpha value is -2.17. The van der Waals surface area contributed by atoms with Crippen LogP contribution < -0.4 is 0 Å². The molecule has 1 rings (SSSR count). The van der Waals surface area contributed by atoms with Crippen molar-refractivity contribution in [3.8, 4) is 0 Å². The average molecular weight is 292 g/mol. The number of hydrogen-bond donors (Lipinski definition) is 2. The van der Waals surface area contributed by atoms with Crippen LogP contribution in [0.15, 0.2) is 30.3 Å². The highest BCUT2D eigenvalue weighted by Crippen LogP contribution is 2.35. The second kappa shape index (κ2) is 7.57. The summed E-state index contributed by atoms with van der Waals surface area (Å²) in [5, 5.41) is 17.7. The Bertz CT molecular complexity index is 489. The molecule has 0 unspecified atom stereocenters. The van der Waals surface area contributed by atoms with Gasteiger partial charge in [-0.1, -0.05) is 30.3 Å². The van der Waals surface area contributed by atoms with Crippen molar-refractivity contribution in [3.63, 3.8) is 0 Å². The number of ketones is 1. The first-order valence-corrected chi connectivity index (χ1v) is 6.84. The molecule has 0 aliphatic heterocycles. The number of carboxylic acid groups (broad SMARTS) is 2. The van der Waals surface area contributed by atoms with Gasteiger partial charge in [0.1, 0.15) is 5.78 Å². The Kier molecular flexibility index (Phi) is 6.09. The zero-order chi connectivity index (χ0) is 15.9. The monoisotopic (exact) mass is 292 g/mol. The molecular weight excluding hydrogens is 272 g/mol. The summed E-state index contributed by atoms with van der Waals surface area (Å²) < 4.78 is 0. The highest BCUT2D eigenvalue weighted by molar-refractivity contribution is 5.84. The summed E-state index contributed by atoms with van der Waals surface area (Å²) in [6.45, 7) is 1.41. The normalized spacial score (nSPS) is 11.1. The van der Waals surface area contributed by atoms with Crippen molar-refractivity contribution >= 4 is 17.7 Å². The van der Waals surface area contributed by atoms with Gasteiger partial charge in [0.2, 0.25) is 0 Å². The maximum absolute atomic E-state index is 12.1. The maximum Gasteiger partial charge on any atom is 0.303 e. The van der Waals surface area contributed by atoms with E-state index in [-0.39, 0.29) is 31.5 Å². The molecule has 0 atom stereocenters. The van der Waals surface area contributed by atoms with Gasteiger partial charge in [-0.3, -0.25) is 14.4 Å². The molecule has 21 heavy (non-hydrogen) atoms. The van der Waals surface area contributed by atoms with E-state index in [2.05, 4.69) is 0 Å². The molecule has 114 valence electrons. The van der Waals surface area contributed by atoms with Crippen LogP contribution >= 0.6 is 0 Å². The molecule has 0 heterocycles. The molecule has 0 amide bonds. The van der Waals surface area contributed by atoms with Crippen molar-refractivity contribution in [2.24, 2.45) is 5.41 Å². The molecule has 0 aliphatic carbocycles. The molecule has 0 bridgehead atoms. The van der Waals surface area contributed by atoms with Gasteiger partial charge in [0, 0.05) is 18.3 Å². The number of benzene rings is 1. The van der Waals surface area contributed by atoms with Crippen molar-refractivity contribution < 1.29 is 24.6 Å². The summed E-state index contributed by atoms with van der Waals surface area (Å²) in [4.78, 5) is 33.8. The molecule has 0 saturated carbocycles. The van der Waals surface area contributed by atoms with Gasteiger partial charge in [0.25, 0.3) is 0 Å². The van der Waals surface area contributed by atoms with Gasteiger partial charge in [-0.25, -0.2) is 0 Å². The van der Waals surface area contributed by atoms with E-state index in [1.807, 2.05) is 30.3 Å². The Balaban J connectivity index is 3.00. The molecule has 5 heteroatoms. The first-order chi connectivity index (χ1) is 9.85. The molecule has 0 radical (unpaired) electrons. The predicted octanol–water partition coefficient (Wildman–Crippen LogP) is 2.53. The highest BCUT2D eigenvalue weighted by atomic mass is 16.4. The van der Waals surface area contributed by atoms with Crippen molar-refractivity contribution in [2.45, 2.75) is 39.0 Å². The molecular formula is C16H20O5. The van der Waals surface area contributed by atoms with Gasteiger partial charge in [-0.05, 0) is 31.7 Å². The minimum absolute atomic E-state index is 0.147. The third-order valence-electron chi connectivity index (χ3n) is 3.77. The second-order valence-corrected chi connectivity index (χ2v) is 5.29. The lowest BCUT2D eigenvalue weighted by Crippen LogP contribution is -2.33. The summed E-state index contributed by atoms with van der Waals surface area (Å²) >= 11 is 0. The zero-order valence-corrected chi connectivity index (χ0v) is 12.0. The summed E-state index contributed by atoms with van der Waals surface area (Å²) in [5.41, 5.74) is -0.0264. The van der Waals surface area contributed by atoms with Gasteiger partial charge in [0.15, 0.2) is 0 Å². The Morgan fingerprint density at radius 1 is 0.952 bits per heavy atom. The number of hydrogen-bond acceptors (Lipinski definition) is 3. The van der Waals surface area contributed by atoms with Gasteiger partial charge < -0.3 is 10.2 Å². The van der Waals surface area contributed by atoms with Gasteiger partial charge in [-0.15, -0.1) is 0 Å². The lowest BCUT2D eigenvalue weighted by molar-refractivity contribution is -0.139. The van der Waals surface area contributed by atoms with Crippen LogP contribution in [0.25, 0.3) is 0 Å². The van der Waals surface area contributed by atoms with E-state index < -0.39 is 17.4 Å². The molecule has 0 aromatic heterocycles. The second-order valence-electron chi connectivity index (χ2n) is 5.29. The predicted molar refractivity (Wildman–Crippen MR) is 77.0 cm³/mol. The lowest BCUT2D eigenvalue weighted by atomic mass is 9.71. The number of carbonyl (C=O) groups excluding carboxylic acids is 1. The zero-order valence-electron chi connectivity index (χ0n) is 12.0. The summed E-state index contributed by atoms with van der Waals surface area (Å²) in [7, 11) is 0. The van der Waals surface area contributed by atoms with Crippen LogP contribution in [0.4, 0.5) is 0 Å². The van der Waals surface area contributed by atoms with E-state index in [1.54, 1.807) is 0 Å². The molecule has 0 aliphatic rings. The fourth-order valence-electron chi connectivity index (χ4n) is 2.46. The van der Waals surface area contributed by atoms with E-state index in [9.17, 15) is 14.4 Å². The Morgan fingerprint density at radius 3 is 1.81 bits per heavy atom. The van der Waals surface area contributed by atoms with Crippen LogP contribution in [0, 0.1) is 5.41 Å². The highest BCUT2D eigenvalue weighted by Gasteiger charge is 2.36. The van der Waals surface area contributed by atoms with Crippen molar-refractivity contribution in [2.75, 3.05) is 0 Å². The first kappa shape index (κ1) is 16.9. The molecule has 2 N–H and O–H groups in total. The summed E-state index contributed by atoms with van der Waals surface area (Å²) in [6.07, 6.45) is 0.376. The topological polar surface area (TPSA) is 91.7 Å². The van der Waals surface area contributed by atoms with E-state index in [1.165, 1.54) is 6.92 Å².